The zero-order valence-corrected chi connectivity index (χ0v) is 14.1. The summed E-state index contributed by atoms with van der Waals surface area (Å²) in [6, 6.07) is 0. The molecule has 1 aliphatic rings. The molecule has 0 saturated carbocycles. The molecule has 2 aromatic heterocycles. The molecule has 1 aliphatic heterocycles. The number of aryl methyl sites for hydroxylation is 1. The lowest BCUT2D eigenvalue weighted by Gasteiger charge is -2.15. The SMILES string of the molecule is Cc1noc([C@@H]2CCN(C(=O)c3cnn(CC(C)C)c3C)C2)n1. The van der Waals surface area contributed by atoms with Gasteiger partial charge < -0.3 is 9.42 Å². The first-order valence-corrected chi connectivity index (χ1v) is 8.07. The number of rotatable bonds is 4. The highest BCUT2D eigenvalue weighted by molar-refractivity contribution is 5.95. The second kappa shape index (κ2) is 6.14. The van der Waals surface area contributed by atoms with Gasteiger partial charge in [0.15, 0.2) is 5.82 Å². The number of likely N-dealkylation sites (tertiary alicyclic amines) is 1. The third-order valence-electron chi connectivity index (χ3n) is 4.24. The number of hydrogen-bond acceptors (Lipinski definition) is 5. The summed E-state index contributed by atoms with van der Waals surface area (Å²) in [5.41, 5.74) is 1.62. The molecule has 7 heteroatoms. The Bertz CT molecular complexity index is 703. The van der Waals surface area contributed by atoms with Gasteiger partial charge in [-0.25, -0.2) is 0 Å². The van der Waals surface area contributed by atoms with Crippen LogP contribution >= 0.6 is 0 Å². The Morgan fingerprint density at radius 3 is 2.87 bits per heavy atom. The van der Waals surface area contributed by atoms with Crippen LogP contribution in [0.3, 0.4) is 0 Å². The molecule has 0 N–H and O–H groups in total. The van der Waals surface area contributed by atoms with Crippen molar-refractivity contribution in [1.29, 1.82) is 0 Å². The summed E-state index contributed by atoms with van der Waals surface area (Å²) < 4.78 is 7.15. The van der Waals surface area contributed by atoms with Gasteiger partial charge >= 0.3 is 0 Å². The summed E-state index contributed by atoms with van der Waals surface area (Å²) in [5.74, 6) is 1.93. The molecule has 23 heavy (non-hydrogen) atoms. The van der Waals surface area contributed by atoms with Crippen LogP contribution < -0.4 is 0 Å². The van der Waals surface area contributed by atoms with Crippen molar-refractivity contribution in [2.75, 3.05) is 13.1 Å². The van der Waals surface area contributed by atoms with Gasteiger partial charge in [-0.2, -0.15) is 10.1 Å². The third-order valence-corrected chi connectivity index (χ3v) is 4.24. The van der Waals surface area contributed by atoms with Gasteiger partial charge in [0.2, 0.25) is 5.89 Å². The van der Waals surface area contributed by atoms with E-state index in [2.05, 4.69) is 29.1 Å². The van der Waals surface area contributed by atoms with E-state index >= 15 is 0 Å². The highest BCUT2D eigenvalue weighted by Crippen LogP contribution is 2.27. The van der Waals surface area contributed by atoms with Gasteiger partial charge in [-0.3, -0.25) is 9.48 Å². The standard InChI is InChI=1S/C16H23N5O2/c1-10(2)8-21-11(3)14(7-17-21)16(22)20-6-5-13(9-20)15-18-12(4)19-23-15/h7,10,13H,5-6,8-9H2,1-4H3/t13-/m1/s1. The Balaban J connectivity index is 1.71. The van der Waals surface area contributed by atoms with Crippen molar-refractivity contribution in [3.63, 3.8) is 0 Å². The molecule has 1 saturated heterocycles. The lowest BCUT2D eigenvalue weighted by atomic mass is 10.1. The fourth-order valence-corrected chi connectivity index (χ4v) is 2.98. The molecule has 0 spiro atoms. The number of nitrogens with zero attached hydrogens (tertiary/aromatic N) is 5. The van der Waals surface area contributed by atoms with E-state index < -0.39 is 0 Å². The molecular weight excluding hydrogens is 294 g/mol. The topological polar surface area (TPSA) is 77.0 Å². The summed E-state index contributed by atoms with van der Waals surface area (Å²) in [5, 5.41) is 8.19. The molecule has 1 atom stereocenters. The van der Waals surface area contributed by atoms with Gasteiger partial charge in [0, 0.05) is 25.3 Å². The van der Waals surface area contributed by atoms with Crippen LogP contribution in [0.4, 0.5) is 0 Å². The van der Waals surface area contributed by atoms with E-state index in [1.807, 2.05) is 16.5 Å². The van der Waals surface area contributed by atoms with Crippen LogP contribution in [-0.4, -0.2) is 43.8 Å². The fourth-order valence-electron chi connectivity index (χ4n) is 2.98. The largest absolute Gasteiger partial charge is 0.339 e. The number of aromatic nitrogens is 4. The minimum Gasteiger partial charge on any atom is -0.339 e. The van der Waals surface area contributed by atoms with E-state index in [1.165, 1.54) is 0 Å². The van der Waals surface area contributed by atoms with E-state index in [0.717, 1.165) is 18.7 Å². The second-order valence-electron chi connectivity index (χ2n) is 6.64. The van der Waals surface area contributed by atoms with Crippen LogP contribution in [0.15, 0.2) is 10.7 Å². The van der Waals surface area contributed by atoms with Crippen LogP contribution in [-0.2, 0) is 6.54 Å². The molecule has 0 aliphatic carbocycles. The van der Waals surface area contributed by atoms with Crippen LogP contribution in [0, 0.1) is 19.8 Å². The van der Waals surface area contributed by atoms with Crippen LogP contribution in [0.2, 0.25) is 0 Å². The van der Waals surface area contributed by atoms with Gasteiger partial charge in [0.25, 0.3) is 5.91 Å². The predicted octanol–water partition coefficient (Wildman–Crippen LogP) is 2.17. The maximum Gasteiger partial charge on any atom is 0.257 e. The summed E-state index contributed by atoms with van der Waals surface area (Å²) in [4.78, 5) is 18.9. The molecule has 7 nitrogen and oxygen atoms in total. The van der Waals surface area contributed by atoms with Crippen molar-refractivity contribution in [1.82, 2.24) is 24.8 Å². The quantitative estimate of drug-likeness (QED) is 0.863. The first kappa shape index (κ1) is 15.7. The first-order chi connectivity index (χ1) is 11.0. The number of amides is 1. The lowest BCUT2D eigenvalue weighted by Crippen LogP contribution is -2.29. The van der Waals surface area contributed by atoms with Crippen LogP contribution in [0.1, 0.15) is 54.0 Å². The molecule has 3 heterocycles. The average Bonchev–Trinajstić information content (AvgIpc) is 3.19. The van der Waals surface area contributed by atoms with E-state index in [9.17, 15) is 4.79 Å². The molecule has 1 fully saturated rings. The normalized spacial score (nSPS) is 18.1. The van der Waals surface area contributed by atoms with Crippen LogP contribution in [0.25, 0.3) is 0 Å². The molecule has 3 rings (SSSR count). The maximum absolute atomic E-state index is 12.8. The van der Waals surface area contributed by atoms with Crippen molar-refractivity contribution in [2.24, 2.45) is 5.92 Å². The van der Waals surface area contributed by atoms with E-state index in [4.69, 9.17) is 4.52 Å². The smallest absolute Gasteiger partial charge is 0.257 e. The van der Waals surface area contributed by atoms with E-state index in [-0.39, 0.29) is 11.8 Å². The van der Waals surface area contributed by atoms with Crippen molar-refractivity contribution in [2.45, 2.75) is 46.6 Å². The van der Waals surface area contributed by atoms with Crippen molar-refractivity contribution >= 4 is 5.91 Å². The fraction of sp³-hybridized carbons (Fsp3) is 0.625. The third kappa shape index (κ3) is 3.13. The van der Waals surface area contributed by atoms with E-state index in [1.54, 1.807) is 13.1 Å². The molecule has 0 bridgehead atoms. The highest BCUT2D eigenvalue weighted by Gasteiger charge is 2.32. The summed E-state index contributed by atoms with van der Waals surface area (Å²) in [6.45, 7) is 10.2. The molecule has 2 aromatic rings. The number of carbonyl (C=O) groups excluding carboxylic acids is 1. The highest BCUT2D eigenvalue weighted by atomic mass is 16.5. The summed E-state index contributed by atoms with van der Waals surface area (Å²) in [6.07, 6.45) is 2.54. The summed E-state index contributed by atoms with van der Waals surface area (Å²) in [7, 11) is 0. The number of carbonyl (C=O) groups is 1. The van der Waals surface area contributed by atoms with Gasteiger partial charge in [-0.05, 0) is 26.2 Å². The molecule has 0 radical (unpaired) electrons. The Morgan fingerprint density at radius 1 is 1.43 bits per heavy atom. The van der Waals surface area contributed by atoms with Gasteiger partial charge in [-0.15, -0.1) is 0 Å². The minimum absolute atomic E-state index is 0.0382. The van der Waals surface area contributed by atoms with Crippen LogP contribution in [0.5, 0.6) is 0 Å². The van der Waals surface area contributed by atoms with E-state index in [0.29, 0.717) is 36.3 Å². The zero-order valence-electron chi connectivity index (χ0n) is 14.1. The first-order valence-electron chi connectivity index (χ1n) is 8.07. The molecule has 1 amide bonds. The second-order valence-corrected chi connectivity index (χ2v) is 6.64. The molecule has 0 unspecified atom stereocenters. The maximum atomic E-state index is 12.8. The molecule has 0 aromatic carbocycles. The summed E-state index contributed by atoms with van der Waals surface area (Å²) >= 11 is 0. The average molecular weight is 317 g/mol. The molecule has 124 valence electrons. The van der Waals surface area contributed by atoms with Gasteiger partial charge in [0.1, 0.15) is 0 Å². The monoisotopic (exact) mass is 317 g/mol. The predicted molar refractivity (Wildman–Crippen MR) is 84.1 cm³/mol. The Morgan fingerprint density at radius 2 is 2.22 bits per heavy atom. The Hall–Kier alpha value is -2.18. The van der Waals surface area contributed by atoms with Crippen molar-refractivity contribution in [3.8, 4) is 0 Å². The molecular formula is C16H23N5O2. The zero-order chi connectivity index (χ0) is 16.6. The Labute approximate surface area is 135 Å². The minimum atomic E-state index is 0.0382. The van der Waals surface area contributed by atoms with Gasteiger partial charge in [-0.1, -0.05) is 19.0 Å². The lowest BCUT2D eigenvalue weighted by molar-refractivity contribution is 0.0788. The Kier molecular flexibility index (Phi) is 4.19. The number of hydrogen-bond donors (Lipinski definition) is 0. The van der Waals surface area contributed by atoms with Crippen molar-refractivity contribution < 1.29 is 9.32 Å². The van der Waals surface area contributed by atoms with Gasteiger partial charge in [0.05, 0.1) is 17.7 Å². The van der Waals surface area contributed by atoms with Crippen molar-refractivity contribution in [3.05, 3.63) is 29.2 Å².